The molecule has 15 heavy (non-hydrogen) atoms. The van der Waals surface area contributed by atoms with Crippen LogP contribution in [0.25, 0.3) is 6.08 Å². The van der Waals surface area contributed by atoms with Crippen molar-refractivity contribution >= 4 is 12.4 Å². The second-order valence-electron chi connectivity index (χ2n) is 3.11. The van der Waals surface area contributed by atoms with Crippen molar-refractivity contribution < 1.29 is 14.3 Å². The van der Waals surface area contributed by atoms with E-state index in [9.17, 15) is 4.79 Å². The summed E-state index contributed by atoms with van der Waals surface area (Å²) in [7, 11) is 3.18. The van der Waals surface area contributed by atoms with Gasteiger partial charge in [-0.2, -0.15) is 0 Å². The largest absolute Gasteiger partial charge is 0.497 e. The van der Waals surface area contributed by atoms with Crippen molar-refractivity contribution in [3.8, 4) is 11.5 Å². The molecule has 0 fully saturated rings. The van der Waals surface area contributed by atoms with Gasteiger partial charge in [-0.05, 0) is 30.7 Å². The highest BCUT2D eigenvalue weighted by molar-refractivity contribution is 5.81. The molecular formula is C12H14O3. The predicted octanol–water partition coefficient (Wildman–Crippen LogP) is 2.31. The zero-order valence-corrected chi connectivity index (χ0v) is 9.11. The lowest BCUT2D eigenvalue weighted by molar-refractivity contribution is -0.104. The van der Waals surface area contributed by atoms with E-state index in [0.717, 1.165) is 17.6 Å². The van der Waals surface area contributed by atoms with Crippen LogP contribution in [0.2, 0.25) is 0 Å². The van der Waals surface area contributed by atoms with Crippen LogP contribution in [0.1, 0.15) is 12.5 Å². The molecule has 1 rings (SSSR count). The van der Waals surface area contributed by atoms with E-state index in [2.05, 4.69) is 0 Å². The van der Waals surface area contributed by atoms with Crippen LogP contribution >= 0.6 is 0 Å². The van der Waals surface area contributed by atoms with Crippen molar-refractivity contribution in [1.82, 2.24) is 0 Å². The molecule has 0 saturated carbocycles. The molecular weight excluding hydrogens is 192 g/mol. The van der Waals surface area contributed by atoms with Crippen LogP contribution in [-0.2, 0) is 4.79 Å². The van der Waals surface area contributed by atoms with Gasteiger partial charge in [0.15, 0.2) is 0 Å². The first-order chi connectivity index (χ1) is 7.21. The minimum Gasteiger partial charge on any atom is -0.497 e. The zero-order chi connectivity index (χ0) is 11.3. The topological polar surface area (TPSA) is 35.5 Å². The molecule has 0 aliphatic rings. The molecule has 1 aromatic carbocycles. The van der Waals surface area contributed by atoms with Gasteiger partial charge in [-0.1, -0.05) is 0 Å². The van der Waals surface area contributed by atoms with E-state index in [-0.39, 0.29) is 0 Å². The molecule has 1 aromatic rings. The summed E-state index contributed by atoms with van der Waals surface area (Å²) in [6.45, 7) is 1.75. The van der Waals surface area contributed by atoms with Gasteiger partial charge >= 0.3 is 0 Å². The average Bonchev–Trinajstić information content (AvgIpc) is 2.29. The van der Waals surface area contributed by atoms with E-state index >= 15 is 0 Å². The second-order valence-corrected chi connectivity index (χ2v) is 3.11. The summed E-state index contributed by atoms with van der Waals surface area (Å²) in [5.41, 5.74) is 1.52. The minimum absolute atomic E-state index is 0.651. The summed E-state index contributed by atoms with van der Waals surface area (Å²) in [4.78, 5) is 10.5. The Kier molecular flexibility index (Phi) is 3.92. The Morgan fingerprint density at radius 1 is 1.27 bits per heavy atom. The van der Waals surface area contributed by atoms with Crippen LogP contribution in [-0.4, -0.2) is 20.5 Å². The fourth-order valence-corrected chi connectivity index (χ4v) is 1.22. The van der Waals surface area contributed by atoms with Crippen LogP contribution in [0.5, 0.6) is 11.5 Å². The number of carbonyl (C=O) groups excluding carboxylic acids is 1. The van der Waals surface area contributed by atoms with Gasteiger partial charge < -0.3 is 9.47 Å². The number of carbonyl (C=O) groups is 1. The molecule has 3 heteroatoms. The number of aldehydes is 1. The summed E-state index contributed by atoms with van der Waals surface area (Å²) >= 11 is 0. The van der Waals surface area contributed by atoms with Crippen LogP contribution in [0.4, 0.5) is 0 Å². The van der Waals surface area contributed by atoms with Gasteiger partial charge in [0.05, 0.1) is 14.2 Å². The molecule has 0 bridgehead atoms. The number of ether oxygens (including phenoxy) is 2. The Bertz CT molecular complexity index is 380. The highest BCUT2D eigenvalue weighted by Crippen LogP contribution is 2.26. The smallest absolute Gasteiger partial charge is 0.145 e. The fraction of sp³-hybridized carbons (Fsp3) is 0.250. The lowest BCUT2D eigenvalue weighted by atomic mass is 10.1. The Balaban J connectivity index is 3.13. The van der Waals surface area contributed by atoms with Gasteiger partial charge in [0.1, 0.15) is 17.8 Å². The quantitative estimate of drug-likeness (QED) is 0.560. The minimum atomic E-state index is 0.651. The predicted molar refractivity (Wildman–Crippen MR) is 59.3 cm³/mol. The van der Waals surface area contributed by atoms with Crippen LogP contribution in [0.15, 0.2) is 23.8 Å². The number of allylic oxidation sites excluding steroid dienone is 1. The Labute approximate surface area is 89.3 Å². The van der Waals surface area contributed by atoms with E-state index < -0.39 is 0 Å². The van der Waals surface area contributed by atoms with Crippen LogP contribution in [0.3, 0.4) is 0 Å². The van der Waals surface area contributed by atoms with E-state index in [1.54, 1.807) is 33.3 Å². The maximum atomic E-state index is 10.5. The highest BCUT2D eigenvalue weighted by atomic mass is 16.5. The third kappa shape index (κ3) is 2.84. The molecule has 0 aromatic heterocycles. The molecule has 0 heterocycles. The van der Waals surface area contributed by atoms with Gasteiger partial charge in [0.2, 0.25) is 0 Å². The molecule has 3 nitrogen and oxygen atoms in total. The van der Waals surface area contributed by atoms with Crippen molar-refractivity contribution in [2.45, 2.75) is 6.92 Å². The molecule has 0 spiro atoms. The second kappa shape index (κ2) is 5.20. The van der Waals surface area contributed by atoms with Gasteiger partial charge in [0, 0.05) is 11.6 Å². The third-order valence-electron chi connectivity index (χ3n) is 2.01. The molecule has 0 atom stereocenters. The maximum absolute atomic E-state index is 10.5. The lowest BCUT2D eigenvalue weighted by Gasteiger charge is -2.07. The number of methoxy groups -OCH3 is 2. The maximum Gasteiger partial charge on any atom is 0.145 e. The molecule has 0 amide bonds. The van der Waals surface area contributed by atoms with Gasteiger partial charge in [-0.25, -0.2) is 0 Å². The molecule has 0 radical (unpaired) electrons. The van der Waals surface area contributed by atoms with E-state index in [4.69, 9.17) is 9.47 Å². The number of hydrogen-bond acceptors (Lipinski definition) is 3. The first-order valence-electron chi connectivity index (χ1n) is 4.56. The average molecular weight is 206 g/mol. The first kappa shape index (κ1) is 11.3. The third-order valence-corrected chi connectivity index (χ3v) is 2.01. The molecule has 80 valence electrons. The monoisotopic (exact) mass is 206 g/mol. The SMILES string of the molecule is COc1ccc(/C=C(\C)C=O)c(OC)c1. The summed E-state index contributed by atoms with van der Waals surface area (Å²) in [6.07, 6.45) is 2.58. The fourth-order valence-electron chi connectivity index (χ4n) is 1.22. The Morgan fingerprint density at radius 2 is 2.00 bits per heavy atom. The normalized spacial score (nSPS) is 11.0. The standard InChI is InChI=1S/C12H14O3/c1-9(8-13)6-10-4-5-11(14-2)7-12(10)15-3/h4-8H,1-3H3/b9-6+. The van der Waals surface area contributed by atoms with E-state index in [0.29, 0.717) is 11.3 Å². The van der Waals surface area contributed by atoms with Gasteiger partial charge in [0.25, 0.3) is 0 Å². The number of hydrogen-bond donors (Lipinski definition) is 0. The Morgan fingerprint density at radius 3 is 2.53 bits per heavy atom. The van der Waals surface area contributed by atoms with Crippen molar-refractivity contribution in [2.24, 2.45) is 0 Å². The van der Waals surface area contributed by atoms with Crippen molar-refractivity contribution in [2.75, 3.05) is 14.2 Å². The summed E-state index contributed by atoms with van der Waals surface area (Å²) < 4.78 is 10.3. The molecule has 0 saturated heterocycles. The van der Waals surface area contributed by atoms with Crippen LogP contribution < -0.4 is 9.47 Å². The lowest BCUT2D eigenvalue weighted by Crippen LogP contribution is -1.90. The first-order valence-corrected chi connectivity index (χ1v) is 4.56. The molecule has 0 aliphatic heterocycles. The summed E-state index contributed by atoms with van der Waals surface area (Å²) in [6, 6.07) is 5.46. The highest BCUT2D eigenvalue weighted by Gasteiger charge is 2.02. The van der Waals surface area contributed by atoms with E-state index in [1.165, 1.54) is 0 Å². The van der Waals surface area contributed by atoms with Gasteiger partial charge in [-0.15, -0.1) is 0 Å². The molecule has 0 N–H and O–H groups in total. The number of rotatable bonds is 4. The van der Waals surface area contributed by atoms with Crippen molar-refractivity contribution in [3.05, 3.63) is 29.3 Å². The summed E-state index contributed by atoms with van der Waals surface area (Å²) in [5, 5.41) is 0. The van der Waals surface area contributed by atoms with Crippen molar-refractivity contribution in [3.63, 3.8) is 0 Å². The molecule has 0 unspecified atom stereocenters. The van der Waals surface area contributed by atoms with Crippen molar-refractivity contribution in [1.29, 1.82) is 0 Å². The zero-order valence-electron chi connectivity index (χ0n) is 9.11. The van der Waals surface area contributed by atoms with E-state index in [1.807, 2.05) is 12.1 Å². The molecule has 0 aliphatic carbocycles. The summed E-state index contributed by atoms with van der Waals surface area (Å²) in [5.74, 6) is 1.42. The Hall–Kier alpha value is -1.77. The van der Waals surface area contributed by atoms with Crippen LogP contribution in [0, 0.1) is 0 Å². The number of benzene rings is 1. The van der Waals surface area contributed by atoms with Gasteiger partial charge in [-0.3, -0.25) is 4.79 Å².